The van der Waals surface area contributed by atoms with E-state index in [1.54, 1.807) is 6.33 Å². The summed E-state index contributed by atoms with van der Waals surface area (Å²) in [4.78, 5) is 25.5. The third-order valence-corrected chi connectivity index (χ3v) is 8.83. The summed E-state index contributed by atoms with van der Waals surface area (Å²) < 4.78 is 4.26. The van der Waals surface area contributed by atoms with Gasteiger partial charge in [0.2, 0.25) is 11.9 Å². The van der Waals surface area contributed by atoms with Crippen LogP contribution in [0.2, 0.25) is 0 Å². The zero-order chi connectivity index (χ0) is 23.3. The summed E-state index contributed by atoms with van der Waals surface area (Å²) in [5.74, 6) is 1.99. The summed E-state index contributed by atoms with van der Waals surface area (Å²) in [6.45, 7) is 8.15. The number of hydrogen-bond donors (Lipinski definition) is 1. The summed E-state index contributed by atoms with van der Waals surface area (Å²) in [7, 11) is 0. The molecule has 1 aromatic carbocycles. The van der Waals surface area contributed by atoms with Crippen LogP contribution in [0.5, 0.6) is 0 Å². The fourth-order valence-corrected chi connectivity index (χ4v) is 7.61. The van der Waals surface area contributed by atoms with Crippen molar-refractivity contribution < 1.29 is 4.79 Å². The van der Waals surface area contributed by atoms with Gasteiger partial charge < -0.3 is 9.47 Å². The number of aromatic nitrogens is 5. The molecule has 34 heavy (non-hydrogen) atoms. The highest BCUT2D eigenvalue weighted by molar-refractivity contribution is 5.96. The average Bonchev–Trinajstić information content (AvgIpc) is 3.48. The Bertz CT molecular complexity index is 1170. The molecule has 8 nitrogen and oxygen atoms in total. The molecule has 0 spiro atoms. The molecule has 0 unspecified atom stereocenters. The Kier molecular flexibility index (Phi) is 5.24. The van der Waals surface area contributed by atoms with E-state index in [-0.39, 0.29) is 16.9 Å². The fraction of sp³-hybridized carbons (Fsp3) is 0.615. The number of rotatable bonds is 8. The van der Waals surface area contributed by atoms with Gasteiger partial charge >= 0.3 is 0 Å². The van der Waals surface area contributed by atoms with Gasteiger partial charge in [-0.2, -0.15) is 5.10 Å². The maximum Gasteiger partial charge on any atom is 0.233 e. The van der Waals surface area contributed by atoms with Crippen molar-refractivity contribution >= 4 is 22.9 Å². The minimum Gasteiger partial charge on any atom is -0.309 e. The van der Waals surface area contributed by atoms with E-state index in [2.05, 4.69) is 49.5 Å². The van der Waals surface area contributed by atoms with Crippen LogP contribution >= 0.6 is 0 Å². The summed E-state index contributed by atoms with van der Waals surface area (Å²) in [6, 6.07) is 8.19. The van der Waals surface area contributed by atoms with E-state index in [1.807, 2.05) is 24.5 Å². The van der Waals surface area contributed by atoms with E-state index < -0.39 is 0 Å². The van der Waals surface area contributed by atoms with E-state index in [9.17, 15) is 4.79 Å². The number of anilines is 1. The predicted octanol–water partition coefficient (Wildman–Crippen LogP) is 3.90. The first-order valence-electron chi connectivity index (χ1n) is 12.9. The van der Waals surface area contributed by atoms with Gasteiger partial charge in [-0.25, -0.2) is 14.6 Å². The molecule has 0 radical (unpaired) electrons. The summed E-state index contributed by atoms with van der Waals surface area (Å²) in [5.41, 5.74) is 1.59. The van der Waals surface area contributed by atoms with Gasteiger partial charge in [0.1, 0.15) is 12.7 Å². The molecule has 4 fully saturated rings. The average molecular weight is 462 g/mol. The van der Waals surface area contributed by atoms with E-state index in [1.165, 1.54) is 6.42 Å². The number of hydrogen-bond acceptors (Lipinski definition) is 5. The van der Waals surface area contributed by atoms with E-state index in [0.29, 0.717) is 17.8 Å². The Balaban J connectivity index is 1.30. The molecule has 4 aliphatic carbocycles. The van der Waals surface area contributed by atoms with Crippen LogP contribution in [-0.4, -0.2) is 54.8 Å². The van der Waals surface area contributed by atoms with Crippen LogP contribution in [0.15, 0.2) is 36.9 Å². The van der Waals surface area contributed by atoms with Crippen molar-refractivity contribution in [1.29, 1.82) is 0 Å². The van der Waals surface area contributed by atoms with Crippen LogP contribution in [0, 0.1) is 17.3 Å². The quantitative estimate of drug-likeness (QED) is 0.550. The molecule has 7 rings (SSSR count). The highest BCUT2D eigenvalue weighted by Gasteiger charge is 2.61. The third-order valence-electron chi connectivity index (χ3n) is 8.83. The zero-order valence-electron chi connectivity index (χ0n) is 20.3. The largest absolute Gasteiger partial charge is 0.309 e. The number of amides is 1. The molecule has 1 N–H and O–H groups in total. The van der Waals surface area contributed by atoms with Crippen molar-refractivity contribution in [2.75, 3.05) is 25.0 Å². The maximum atomic E-state index is 14.0. The lowest BCUT2D eigenvalue weighted by Gasteiger charge is -2.60. The van der Waals surface area contributed by atoms with Gasteiger partial charge in [-0.1, -0.05) is 26.0 Å². The number of nitrogens with one attached hydrogen (secondary N) is 1. The minimum atomic E-state index is -0.349. The molecule has 4 aliphatic rings. The van der Waals surface area contributed by atoms with Crippen LogP contribution in [-0.2, 0) is 16.9 Å². The van der Waals surface area contributed by atoms with Crippen molar-refractivity contribution in [2.24, 2.45) is 17.3 Å². The molecular weight excluding hydrogens is 426 g/mol. The summed E-state index contributed by atoms with van der Waals surface area (Å²) >= 11 is 0. The Morgan fingerprint density at radius 1 is 1.15 bits per heavy atom. The molecule has 2 aromatic heterocycles. The zero-order valence-corrected chi connectivity index (χ0v) is 20.3. The minimum absolute atomic E-state index is 0.0686. The first-order valence-corrected chi connectivity index (χ1v) is 12.9. The first kappa shape index (κ1) is 21.8. The predicted molar refractivity (Wildman–Crippen MR) is 131 cm³/mol. The SMILES string of the molecule is CCN(CC)CCn1c(NC(=O)C23C[C@H]4C[C@H](C2)CC(n2cncn2)(C4)C3)nc2ccccc21. The van der Waals surface area contributed by atoms with Crippen molar-refractivity contribution in [3.8, 4) is 0 Å². The molecule has 180 valence electrons. The van der Waals surface area contributed by atoms with Crippen LogP contribution in [0.4, 0.5) is 5.95 Å². The number of likely N-dealkylation sites (N-methyl/N-ethyl adjacent to an activating group) is 1. The van der Waals surface area contributed by atoms with Crippen molar-refractivity contribution in [3.05, 3.63) is 36.9 Å². The lowest BCUT2D eigenvalue weighted by atomic mass is 9.46. The van der Waals surface area contributed by atoms with Gasteiger partial charge in [0.05, 0.1) is 22.0 Å². The standard InChI is InChI=1S/C26H35N7O/c1-3-31(4-2)9-10-32-22-8-6-5-7-21(22)29-24(32)30-23(34)25-12-19-11-20(13-25)15-26(14-19,16-25)33-18-27-17-28-33/h5-8,17-20H,3-4,9-16H2,1-2H3,(H,29,30,34)/t19-,20-,25?,26?/m1/s1. The van der Waals surface area contributed by atoms with E-state index >= 15 is 0 Å². The molecule has 3 aromatic rings. The van der Waals surface area contributed by atoms with Crippen molar-refractivity contribution in [3.63, 3.8) is 0 Å². The maximum absolute atomic E-state index is 14.0. The second-order valence-corrected chi connectivity index (χ2v) is 10.9. The number of nitrogens with zero attached hydrogens (tertiary/aromatic N) is 6. The highest BCUT2D eigenvalue weighted by atomic mass is 16.2. The van der Waals surface area contributed by atoms with Crippen LogP contribution in [0.25, 0.3) is 11.0 Å². The first-order chi connectivity index (χ1) is 16.5. The number of imidazole rings is 1. The lowest BCUT2D eigenvalue weighted by Crippen LogP contribution is -2.60. The number of para-hydroxylation sites is 2. The number of fused-ring (bicyclic) bond motifs is 1. The second kappa shape index (κ2) is 8.18. The lowest BCUT2D eigenvalue weighted by molar-refractivity contribution is -0.150. The molecule has 0 saturated heterocycles. The van der Waals surface area contributed by atoms with Crippen molar-refractivity contribution in [2.45, 2.75) is 64.5 Å². The van der Waals surface area contributed by atoms with E-state index in [0.717, 1.165) is 69.3 Å². The summed E-state index contributed by atoms with van der Waals surface area (Å²) in [6.07, 6.45) is 9.76. The normalized spacial score (nSPS) is 29.9. The van der Waals surface area contributed by atoms with E-state index in [4.69, 9.17) is 4.98 Å². The van der Waals surface area contributed by atoms with Gasteiger partial charge in [0.15, 0.2) is 0 Å². The highest BCUT2D eigenvalue weighted by Crippen LogP contribution is 2.64. The molecular formula is C26H35N7O. The van der Waals surface area contributed by atoms with Gasteiger partial charge in [0.25, 0.3) is 0 Å². The topological polar surface area (TPSA) is 80.9 Å². The molecule has 1 amide bonds. The molecule has 2 atom stereocenters. The number of carbonyl (C=O) groups excluding carboxylic acids is 1. The van der Waals surface area contributed by atoms with Gasteiger partial charge in [-0.05, 0) is 75.6 Å². The van der Waals surface area contributed by atoms with Crippen LogP contribution in [0.1, 0.15) is 52.4 Å². The smallest absolute Gasteiger partial charge is 0.233 e. The van der Waals surface area contributed by atoms with Crippen LogP contribution < -0.4 is 5.32 Å². The number of benzene rings is 1. The molecule has 8 heteroatoms. The van der Waals surface area contributed by atoms with Gasteiger partial charge in [-0.3, -0.25) is 10.1 Å². The molecule has 0 aliphatic heterocycles. The third kappa shape index (κ3) is 3.45. The Labute approximate surface area is 200 Å². The fourth-order valence-electron chi connectivity index (χ4n) is 7.61. The Hall–Kier alpha value is -2.74. The van der Waals surface area contributed by atoms with Gasteiger partial charge in [0, 0.05) is 13.1 Å². The van der Waals surface area contributed by atoms with Crippen LogP contribution in [0.3, 0.4) is 0 Å². The molecule has 4 bridgehead atoms. The number of carbonyl (C=O) groups is 1. The monoisotopic (exact) mass is 461 g/mol. The molecule has 4 saturated carbocycles. The van der Waals surface area contributed by atoms with Gasteiger partial charge in [-0.15, -0.1) is 0 Å². The Morgan fingerprint density at radius 3 is 2.62 bits per heavy atom. The Morgan fingerprint density at radius 2 is 1.91 bits per heavy atom. The molecule has 2 heterocycles. The van der Waals surface area contributed by atoms with Crippen molar-refractivity contribution in [1.82, 2.24) is 29.2 Å². The summed E-state index contributed by atoms with van der Waals surface area (Å²) in [5, 5.41) is 7.86. The second-order valence-electron chi connectivity index (χ2n) is 10.9.